The molecule has 2 atom stereocenters. The molecule has 1 aromatic rings. The van der Waals surface area contributed by atoms with Crippen molar-refractivity contribution in [2.45, 2.75) is 18.9 Å². The topological polar surface area (TPSA) is 32.3 Å². The molecule has 15 heavy (non-hydrogen) atoms. The lowest BCUT2D eigenvalue weighted by atomic mass is 9.97. The molecule has 2 N–H and O–H groups in total. The van der Waals surface area contributed by atoms with Gasteiger partial charge in [0.15, 0.2) is 0 Å². The number of aliphatic hydroxyl groups is 1. The maximum absolute atomic E-state index is 12.9. The van der Waals surface area contributed by atoms with Crippen LogP contribution in [0.5, 0.6) is 0 Å². The quantitative estimate of drug-likeness (QED) is 0.787. The molecule has 1 aliphatic rings. The van der Waals surface area contributed by atoms with Crippen molar-refractivity contribution in [3.05, 3.63) is 35.6 Å². The first-order valence-electron chi connectivity index (χ1n) is 5.36. The predicted octanol–water partition coefficient (Wildman–Crippen LogP) is 1.34. The molecular formula is C12H16FNO. The molecule has 1 fully saturated rings. The summed E-state index contributed by atoms with van der Waals surface area (Å²) in [5.41, 5.74) is 1.04. The summed E-state index contributed by atoms with van der Waals surface area (Å²) in [7, 11) is 0. The van der Waals surface area contributed by atoms with E-state index in [2.05, 4.69) is 5.32 Å². The van der Waals surface area contributed by atoms with E-state index in [1.54, 1.807) is 12.1 Å². The maximum Gasteiger partial charge on any atom is 0.123 e. The summed E-state index contributed by atoms with van der Waals surface area (Å²) in [4.78, 5) is 0. The third-order valence-corrected chi connectivity index (χ3v) is 2.95. The minimum absolute atomic E-state index is 0.169. The minimum atomic E-state index is -0.169. The fourth-order valence-corrected chi connectivity index (χ4v) is 2.19. The Morgan fingerprint density at radius 3 is 3.00 bits per heavy atom. The van der Waals surface area contributed by atoms with Crippen molar-refractivity contribution in [2.75, 3.05) is 13.2 Å². The molecule has 2 nitrogen and oxygen atoms in total. The van der Waals surface area contributed by atoms with Gasteiger partial charge in [0, 0.05) is 6.04 Å². The SMILES string of the molecule is OCC1CC(Cc2cccc(F)c2)CN1. The summed E-state index contributed by atoms with van der Waals surface area (Å²) in [6, 6.07) is 6.98. The summed E-state index contributed by atoms with van der Waals surface area (Å²) in [6.45, 7) is 1.11. The molecule has 2 rings (SSSR count). The van der Waals surface area contributed by atoms with E-state index in [9.17, 15) is 4.39 Å². The van der Waals surface area contributed by atoms with Gasteiger partial charge in [-0.15, -0.1) is 0 Å². The Bertz CT molecular complexity index is 329. The first-order chi connectivity index (χ1) is 7.28. The summed E-state index contributed by atoms with van der Waals surface area (Å²) in [6.07, 6.45) is 1.87. The van der Waals surface area contributed by atoms with Crippen LogP contribution in [-0.2, 0) is 6.42 Å². The molecule has 0 spiro atoms. The maximum atomic E-state index is 12.9. The van der Waals surface area contributed by atoms with Gasteiger partial charge in [-0.2, -0.15) is 0 Å². The summed E-state index contributed by atoms with van der Waals surface area (Å²) in [5, 5.41) is 12.2. The summed E-state index contributed by atoms with van der Waals surface area (Å²) >= 11 is 0. The zero-order chi connectivity index (χ0) is 10.7. The van der Waals surface area contributed by atoms with Crippen molar-refractivity contribution in [3.8, 4) is 0 Å². The molecule has 1 heterocycles. The van der Waals surface area contributed by atoms with Crippen molar-refractivity contribution in [1.29, 1.82) is 0 Å². The van der Waals surface area contributed by atoms with E-state index in [1.807, 2.05) is 6.07 Å². The van der Waals surface area contributed by atoms with E-state index in [1.165, 1.54) is 6.07 Å². The standard InChI is InChI=1S/C12H16FNO/c13-11-3-1-2-9(5-11)4-10-6-12(8-15)14-7-10/h1-3,5,10,12,14-15H,4,6-8H2. The highest BCUT2D eigenvalue weighted by molar-refractivity contribution is 5.17. The van der Waals surface area contributed by atoms with Gasteiger partial charge in [0.2, 0.25) is 0 Å². The molecule has 2 unspecified atom stereocenters. The number of hydrogen-bond acceptors (Lipinski definition) is 2. The van der Waals surface area contributed by atoms with E-state index in [0.29, 0.717) is 5.92 Å². The van der Waals surface area contributed by atoms with Crippen LogP contribution in [0.2, 0.25) is 0 Å². The lowest BCUT2D eigenvalue weighted by Gasteiger charge is -2.08. The second kappa shape index (κ2) is 4.73. The average molecular weight is 209 g/mol. The number of benzene rings is 1. The number of hydrogen-bond donors (Lipinski definition) is 2. The second-order valence-corrected chi connectivity index (χ2v) is 4.22. The highest BCUT2D eigenvalue weighted by Gasteiger charge is 2.23. The van der Waals surface area contributed by atoms with Gasteiger partial charge in [-0.1, -0.05) is 12.1 Å². The molecule has 0 aromatic heterocycles. The normalized spacial score (nSPS) is 25.7. The number of aliphatic hydroxyl groups excluding tert-OH is 1. The first kappa shape index (κ1) is 10.6. The van der Waals surface area contributed by atoms with Crippen LogP contribution in [0.3, 0.4) is 0 Å². The van der Waals surface area contributed by atoms with Crippen molar-refractivity contribution in [1.82, 2.24) is 5.32 Å². The zero-order valence-electron chi connectivity index (χ0n) is 8.62. The molecule has 1 aromatic carbocycles. The van der Waals surface area contributed by atoms with Gasteiger partial charge in [0.1, 0.15) is 5.82 Å². The van der Waals surface area contributed by atoms with Crippen molar-refractivity contribution in [2.24, 2.45) is 5.92 Å². The molecule has 82 valence electrons. The van der Waals surface area contributed by atoms with Gasteiger partial charge < -0.3 is 10.4 Å². The minimum Gasteiger partial charge on any atom is -0.395 e. The predicted molar refractivity (Wildman–Crippen MR) is 57.1 cm³/mol. The Morgan fingerprint density at radius 2 is 2.33 bits per heavy atom. The molecule has 1 saturated heterocycles. The largest absolute Gasteiger partial charge is 0.395 e. The first-order valence-corrected chi connectivity index (χ1v) is 5.36. The molecule has 1 aliphatic heterocycles. The van der Waals surface area contributed by atoms with E-state index >= 15 is 0 Å². The number of nitrogens with one attached hydrogen (secondary N) is 1. The lowest BCUT2D eigenvalue weighted by Crippen LogP contribution is -2.24. The summed E-state index contributed by atoms with van der Waals surface area (Å²) in [5.74, 6) is 0.348. The fourth-order valence-electron chi connectivity index (χ4n) is 2.19. The molecule has 0 amide bonds. The number of rotatable bonds is 3. The van der Waals surface area contributed by atoms with Crippen LogP contribution in [0.4, 0.5) is 4.39 Å². The van der Waals surface area contributed by atoms with Crippen LogP contribution in [0.1, 0.15) is 12.0 Å². The molecule has 3 heteroatoms. The van der Waals surface area contributed by atoms with Gasteiger partial charge in [0.25, 0.3) is 0 Å². The van der Waals surface area contributed by atoms with Gasteiger partial charge in [-0.25, -0.2) is 4.39 Å². The third-order valence-electron chi connectivity index (χ3n) is 2.95. The average Bonchev–Trinajstić information content (AvgIpc) is 2.65. The van der Waals surface area contributed by atoms with Gasteiger partial charge >= 0.3 is 0 Å². The smallest absolute Gasteiger partial charge is 0.123 e. The zero-order valence-corrected chi connectivity index (χ0v) is 8.62. The Kier molecular flexibility index (Phi) is 3.34. The Labute approximate surface area is 89.1 Å². The van der Waals surface area contributed by atoms with Crippen molar-refractivity contribution < 1.29 is 9.50 Å². The summed E-state index contributed by atoms with van der Waals surface area (Å²) < 4.78 is 12.9. The highest BCUT2D eigenvalue weighted by Crippen LogP contribution is 2.19. The van der Waals surface area contributed by atoms with Crippen LogP contribution >= 0.6 is 0 Å². The van der Waals surface area contributed by atoms with Crippen LogP contribution in [0.25, 0.3) is 0 Å². The molecule has 0 aliphatic carbocycles. The van der Waals surface area contributed by atoms with Gasteiger partial charge in [-0.3, -0.25) is 0 Å². The third kappa shape index (κ3) is 2.76. The van der Waals surface area contributed by atoms with E-state index in [-0.39, 0.29) is 18.5 Å². The van der Waals surface area contributed by atoms with Crippen LogP contribution in [0, 0.1) is 11.7 Å². The lowest BCUT2D eigenvalue weighted by molar-refractivity contribution is 0.253. The molecule has 0 bridgehead atoms. The van der Waals surface area contributed by atoms with Crippen LogP contribution in [-0.4, -0.2) is 24.3 Å². The Balaban J connectivity index is 1.92. The van der Waals surface area contributed by atoms with Crippen molar-refractivity contribution >= 4 is 0 Å². The van der Waals surface area contributed by atoms with Crippen LogP contribution < -0.4 is 5.32 Å². The van der Waals surface area contributed by atoms with E-state index in [0.717, 1.165) is 24.9 Å². The van der Waals surface area contributed by atoms with E-state index < -0.39 is 0 Å². The molecule has 0 radical (unpaired) electrons. The number of halogens is 1. The van der Waals surface area contributed by atoms with Gasteiger partial charge in [0.05, 0.1) is 6.61 Å². The highest BCUT2D eigenvalue weighted by atomic mass is 19.1. The monoisotopic (exact) mass is 209 g/mol. The van der Waals surface area contributed by atoms with E-state index in [4.69, 9.17) is 5.11 Å². The van der Waals surface area contributed by atoms with Crippen molar-refractivity contribution in [3.63, 3.8) is 0 Å². The van der Waals surface area contributed by atoms with Crippen LogP contribution in [0.15, 0.2) is 24.3 Å². The molecular weight excluding hydrogens is 193 g/mol. The second-order valence-electron chi connectivity index (χ2n) is 4.22. The Morgan fingerprint density at radius 1 is 1.47 bits per heavy atom. The van der Waals surface area contributed by atoms with Gasteiger partial charge in [-0.05, 0) is 43.0 Å². The molecule has 0 saturated carbocycles. The fraction of sp³-hybridized carbons (Fsp3) is 0.500. The Hall–Kier alpha value is -0.930.